The molecule has 0 radical (unpaired) electrons. The molecule has 250 valence electrons. The molecule has 1 spiro atoms. The summed E-state index contributed by atoms with van der Waals surface area (Å²) in [6, 6.07) is 26.8. The number of ether oxygens (including phenoxy) is 1. The van der Waals surface area contributed by atoms with E-state index in [9.17, 15) is 9.90 Å². The number of amides is 3. The van der Waals surface area contributed by atoms with Crippen LogP contribution < -0.4 is 0 Å². The number of fused-ring (bicyclic) bond motifs is 1. The molecule has 3 unspecified atom stereocenters. The van der Waals surface area contributed by atoms with Crippen LogP contribution in [-0.4, -0.2) is 74.5 Å². The van der Waals surface area contributed by atoms with E-state index in [1.54, 1.807) is 22.0 Å². The lowest BCUT2D eigenvalue weighted by molar-refractivity contribution is -0.158. The van der Waals surface area contributed by atoms with E-state index < -0.39 is 41.7 Å². The molecule has 6 rings (SSSR count). The van der Waals surface area contributed by atoms with E-state index in [2.05, 4.69) is 13.2 Å². The number of aliphatic hydroxyl groups excluding tert-OH is 1. The second-order valence-electron chi connectivity index (χ2n) is 13.5. The maximum Gasteiger partial charge on any atom is 0.249 e. The van der Waals surface area contributed by atoms with Crippen molar-refractivity contribution < 1.29 is 24.2 Å². The summed E-state index contributed by atoms with van der Waals surface area (Å²) in [6.45, 7) is 12.6. The third-order valence-electron chi connectivity index (χ3n) is 10.7. The molecule has 0 aliphatic carbocycles. The van der Waals surface area contributed by atoms with Gasteiger partial charge in [-0.2, -0.15) is 0 Å². The van der Waals surface area contributed by atoms with Gasteiger partial charge in [-0.05, 0) is 36.0 Å². The number of nitrogens with zero attached hydrogens (tertiary/aromatic N) is 3. The molecule has 3 saturated heterocycles. The smallest absolute Gasteiger partial charge is 0.249 e. The molecular formula is C40H45N3O5. The zero-order valence-electron chi connectivity index (χ0n) is 27.8. The van der Waals surface area contributed by atoms with E-state index in [1.165, 1.54) is 4.90 Å². The highest BCUT2D eigenvalue weighted by molar-refractivity contribution is 5.99. The maximum atomic E-state index is 15.1. The Bertz CT molecular complexity index is 1650. The quantitative estimate of drug-likeness (QED) is 0.259. The standard InChI is InChI=1S/C40H45N3O5/c1-5-22-41(25-29-16-10-7-11-17-29)36(45)33-34-37(46)43(32(27-44)31-20-14-9-15-21-31)35(40(34)24-28(3)39(33,4)48-40)38(47)42(23-6-2)26-30-18-12-8-13-19-30/h5-21,28,32-35,44H,1-2,22-27H2,3-4H3/t28?,32-,33-,34+,35?,39+,40?/m1/s1. The number of carbonyl (C=O) groups is 3. The summed E-state index contributed by atoms with van der Waals surface area (Å²) in [6.07, 6.45) is 3.80. The molecule has 0 saturated carbocycles. The highest BCUT2D eigenvalue weighted by Crippen LogP contribution is 2.66. The molecule has 0 aromatic heterocycles. The number of carbonyl (C=O) groups excluding carboxylic acids is 3. The van der Waals surface area contributed by atoms with Gasteiger partial charge < -0.3 is 24.5 Å². The van der Waals surface area contributed by atoms with Gasteiger partial charge in [-0.1, -0.05) is 110 Å². The first-order chi connectivity index (χ1) is 23.2. The summed E-state index contributed by atoms with van der Waals surface area (Å²) in [5.74, 6) is -2.71. The average Bonchev–Trinajstić information content (AvgIpc) is 3.62. The molecule has 3 aliphatic heterocycles. The van der Waals surface area contributed by atoms with Gasteiger partial charge in [0.05, 0.1) is 30.1 Å². The van der Waals surface area contributed by atoms with Crippen molar-refractivity contribution in [3.63, 3.8) is 0 Å². The first kappa shape index (κ1) is 33.4. The predicted octanol–water partition coefficient (Wildman–Crippen LogP) is 5.16. The Morgan fingerprint density at radius 3 is 1.90 bits per heavy atom. The van der Waals surface area contributed by atoms with Crippen molar-refractivity contribution in [3.05, 3.63) is 133 Å². The van der Waals surface area contributed by atoms with Gasteiger partial charge in [0.25, 0.3) is 0 Å². The number of hydrogen-bond acceptors (Lipinski definition) is 5. The Morgan fingerprint density at radius 1 is 0.896 bits per heavy atom. The minimum absolute atomic E-state index is 0.126. The summed E-state index contributed by atoms with van der Waals surface area (Å²) < 4.78 is 7.05. The van der Waals surface area contributed by atoms with Crippen LogP contribution in [0.2, 0.25) is 0 Å². The minimum Gasteiger partial charge on any atom is -0.394 e. The average molecular weight is 648 g/mol. The normalized spacial score (nSPS) is 27.7. The third-order valence-corrected chi connectivity index (χ3v) is 10.7. The van der Waals surface area contributed by atoms with Gasteiger partial charge in [-0.3, -0.25) is 14.4 Å². The molecule has 8 heteroatoms. The Labute approximate surface area is 283 Å². The second kappa shape index (κ2) is 13.5. The van der Waals surface area contributed by atoms with Crippen molar-refractivity contribution in [2.45, 2.75) is 56.6 Å². The molecule has 3 aliphatic rings. The van der Waals surface area contributed by atoms with E-state index in [0.717, 1.165) is 11.1 Å². The lowest BCUT2D eigenvalue weighted by atomic mass is 9.62. The Morgan fingerprint density at radius 2 is 1.40 bits per heavy atom. The Kier molecular flexibility index (Phi) is 9.41. The molecule has 3 aromatic carbocycles. The Balaban J connectivity index is 1.47. The fraction of sp³-hybridized carbons (Fsp3) is 0.375. The van der Waals surface area contributed by atoms with Crippen LogP contribution in [0.5, 0.6) is 0 Å². The number of hydrogen-bond donors (Lipinski definition) is 1. The van der Waals surface area contributed by atoms with Crippen LogP contribution in [0.15, 0.2) is 116 Å². The SMILES string of the molecule is C=CCN(Cc1ccccc1)C(=O)C1N([C@H](CO)c2ccccc2)C(=O)[C@@H]2[C@H](C(=O)N(CC=C)Cc3ccccc3)[C@@]3(C)OC12CC3C. The molecule has 48 heavy (non-hydrogen) atoms. The summed E-state index contributed by atoms with van der Waals surface area (Å²) >= 11 is 0. The van der Waals surface area contributed by atoms with Crippen molar-refractivity contribution in [1.82, 2.24) is 14.7 Å². The van der Waals surface area contributed by atoms with Gasteiger partial charge in [0.15, 0.2) is 0 Å². The minimum atomic E-state index is -1.27. The molecule has 3 aromatic rings. The van der Waals surface area contributed by atoms with Crippen molar-refractivity contribution >= 4 is 17.7 Å². The molecule has 2 bridgehead atoms. The highest BCUT2D eigenvalue weighted by Gasteiger charge is 2.80. The van der Waals surface area contributed by atoms with Crippen LogP contribution >= 0.6 is 0 Å². The van der Waals surface area contributed by atoms with Crippen LogP contribution in [0.3, 0.4) is 0 Å². The maximum absolute atomic E-state index is 15.1. The molecule has 8 nitrogen and oxygen atoms in total. The molecule has 1 N–H and O–H groups in total. The van der Waals surface area contributed by atoms with Crippen LogP contribution in [0.25, 0.3) is 0 Å². The van der Waals surface area contributed by atoms with Gasteiger partial charge in [0.2, 0.25) is 17.7 Å². The van der Waals surface area contributed by atoms with Gasteiger partial charge >= 0.3 is 0 Å². The van der Waals surface area contributed by atoms with Crippen molar-refractivity contribution in [3.8, 4) is 0 Å². The topological polar surface area (TPSA) is 90.4 Å². The number of likely N-dealkylation sites (tertiary alicyclic amines) is 1. The van der Waals surface area contributed by atoms with Gasteiger partial charge in [-0.15, -0.1) is 13.2 Å². The van der Waals surface area contributed by atoms with Crippen LogP contribution in [0.1, 0.15) is 43.0 Å². The highest BCUT2D eigenvalue weighted by atomic mass is 16.5. The number of aliphatic hydroxyl groups is 1. The lowest BCUT2D eigenvalue weighted by Gasteiger charge is -2.39. The van der Waals surface area contributed by atoms with E-state index in [4.69, 9.17) is 4.74 Å². The molecule has 3 fully saturated rings. The number of benzene rings is 3. The number of rotatable bonds is 13. The summed E-state index contributed by atoms with van der Waals surface area (Å²) in [5, 5.41) is 10.9. The van der Waals surface area contributed by atoms with Gasteiger partial charge in [0, 0.05) is 26.2 Å². The fourth-order valence-electron chi connectivity index (χ4n) is 8.45. The van der Waals surface area contributed by atoms with Crippen molar-refractivity contribution in [2.75, 3.05) is 19.7 Å². The van der Waals surface area contributed by atoms with Gasteiger partial charge in [0.1, 0.15) is 11.6 Å². The summed E-state index contributed by atoms with van der Waals surface area (Å²) in [7, 11) is 0. The van der Waals surface area contributed by atoms with Crippen LogP contribution in [0.4, 0.5) is 0 Å². The lowest BCUT2D eigenvalue weighted by Crippen LogP contribution is -2.57. The first-order valence-electron chi connectivity index (χ1n) is 16.8. The van der Waals surface area contributed by atoms with Gasteiger partial charge in [-0.25, -0.2) is 0 Å². The first-order valence-corrected chi connectivity index (χ1v) is 16.8. The molecule has 3 heterocycles. The van der Waals surface area contributed by atoms with Crippen molar-refractivity contribution in [1.29, 1.82) is 0 Å². The molecule has 7 atom stereocenters. The molecule has 3 amide bonds. The fourth-order valence-corrected chi connectivity index (χ4v) is 8.45. The monoisotopic (exact) mass is 647 g/mol. The zero-order valence-corrected chi connectivity index (χ0v) is 27.8. The van der Waals surface area contributed by atoms with E-state index in [-0.39, 0.29) is 30.2 Å². The van der Waals surface area contributed by atoms with E-state index >= 15 is 9.59 Å². The van der Waals surface area contributed by atoms with Crippen molar-refractivity contribution in [2.24, 2.45) is 17.8 Å². The van der Waals surface area contributed by atoms with Crippen LogP contribution in [-0.2, 0) is 32.2 Å². The van der Waals surface area contributed by atoms with Crippen LogP contribution in [0, 0.1) is 17.8 Å². The Hall–Kier alpha value is -4.53. The summed E-state index contributed by atoms with van der Waals surface area (Å²) in [4.78, 5) is 49.9. The second-order valence-corrected chi connectivity index (χ2v) is 13.5. The molecular weight excluding hydrogens is 602 g/mol. The largest absolute Gasteiger partial charge is 0.394 e. The van der Waals surface area contributed by atoms with E-state index in [1.807, 2.05) is 105 Å². The van der Waals surface area contributed by atoms with E-state index in [0.29, 0.717) is 31.6 Å². The third kappa shape index (κ3) is 5.57. The summed E-state index contributed by atoms with van der Waals surface area (Å²) in [5.41, 5.74) is 0.346. The zero-order chi connectivity index (χ0) is 34.1. The predicted molar refractivity (Wildman–Crippen MR) is 184 cm³/mol.